The van der Waals surface area contributed by atoms with Gasteiger partial charge in [-0.25, -0.2) is 0 Å². The third-order valence-electron chi connectivity index (χ3n) is 2.75. The maximum absolute atomic E-state index is 10.9. The van der Waals surface area contributed by atoms with Crippen molar-refractivity contribution in [2.24, 2.45) is 0 Å². The lowest BCUT2D eigenvalue weighted by Crippen LogP contribution is -1.87. The molecule has 0 bridgehead atoms. The topological polar surface area (TPSA) is 48.6 Å². The number of nitrogens with one attached hydrogen (secondary N) is 2. The van der Waals surface area contributed by atoms with Gasteiger partial charge in [-0.05, 0) is 36.6 Å². The molecule has 0 atom stereocenters. The van der Waals surface area contributed by atoms with Gasteiger partial charge in [-0.15, -0.1) is 0 Å². The minimum atomic E-state index is 0.694. The van der Waals surface area contributed by atoms with Crippen molar-refractivity contribution in [1.82, 2.24) is 9.97 Å². The molecule has 3 nitrogen and oxygen atoms in total. The molecule has 0 aliphatic heterocycles. The summed E-state index contributed by atoms with van der Waals surface area (Å²) in [6.07, 6.45) is 3.64. The smallest absolute Gasteiger partial charge is 0.166 e. The van der Waals surface area contributed by atoms with E-state index >= 15 is 0 Å². The summed E-state index contributed by atoms with van der Waals surface area (Å²) in [6.45, 7) is 4.10. The van der Waals surface area contributed by atoms with Crippen molar-refractivity contribution in [3.63, 3.8) is 0 Å². The highest BCUT2D eigenvalue weighted by Crippen LogP contribution is 2.25. The van der Waals surface area contributed by atoms with Crippen molar-refractivity contribution in [3.8, 4) is 11.4 Å². The van der Waals surface area contributed by atoms with Gasteiger partial charge in [0.25, 0.3) is 0 Å². The second kappa shape index (κ2) is 3.77. The molecule has 2 N–H and O–H groups in total. The molecule has 0 saturated carbocycles. The lowest BCUT2D eigenvalue weighted by Gasteiger charge is -1.97. The number of carbonyl (C=O) groups is 1. The maximum Gasteiger partial charge on any atom is 0.166 e. The SMILES string of the molecule is CCc1c(C=O)[nH]c(-c2ccc[nH]2)c1C. The van der Waals surface area contributed by atoms with Crippen molar-refractivity contribution in [1.29, 1.82) is 0 Å². The van der Waals surface area contributed by atoms with E-state index in [1.165, 1.54) is 0 Å². The summed E-state index contributed by atoms with van der Waals surface area (Å²) >= 11 is 0. The summed E-state index contributed by atoms with van der Waals surface area (Å²) in [6, 6.07) is 3.94. The Morgan fingerprint density at radius 1 is 1.47 bits per heavy atom. The molecule has 0 amide bonds. The monoisotopic (exact) mass is 202 g/mol. The molecule has 0 saturated heterocycles. The summed E-state index contributed by atoms with van der Waals surface area (Å²) in [5.74, 6) is 0. The molecular formula is C12H14N2O. The normalized spacial score (nSPS) is 10.5. The van der Waals surface area contributed by atoms with Gasteiger partial charge < -0.3 is 9.97 Å². The summed E-state index contributed by atoms with van der Waals surface area (Å²) in [7, 11) is 0. The third-order valence-corrected chi connectivity index (χ3v) is 2.75. The molecule has 2 aromatic heterocycles. The van der Waals surface area contributed by atoms with Crippen LogP contribution in [0.1, 0.15) is 28.5 Å². The Balaban J connectivity index is 2.59. The van der Waals surface area contributed by atoms with Gasteiger partial charge in [-0.1, -0.05) is 6.92 Å². The minimum Gasteiger partial charge on any atom is -0.360 e. The molecule has 0 aliphatic rings. The molecule has 0 aromatic carbocycles. The predicted octanol–water partition coefficient (Wildman–Crippen LogP) is 2.69. The average Bonchev–Trinajstić information content (AvgIpc) is 2.84. The van der Waals surface area contributed by atoms with E-state index in [1.807, 2.05) is 25.3 Å². The van der Waals surface area contributed by atoms with Crippen LogP contribution in [0.5, 0.6) is 0 Å². The summed E-state index contributed by atoms with van der Waals surface area (Å²) < 4.78 is 0. The molecule has 2 heterocycles. The lowest BCUT2D eigenvalue weighted by molar-refractivity contribution is 0.111. The van der Waals surface area contributed by atoms with Crippen LogP contribution in [0.3, 0.4) is 0 Å². The molecule has 2 rings (SSSR count). The largest absolute Gasteiger partial charge is 0.360 e. The van der Waals surface area contributed by atoms with E-state index in [2.05, 4.69) is 16.9 Å². The first-order chi connectivity index (χ1) is 7.27. The molecule has 0 fully saturated rings. The van der Waals surface area contributed by atoms with Crippen LogP contribution in [0.2, 0.25) is 0 Å². The molecule has 0 radical (unpaired) electrons. The highest BCUT2D eigenvalue weighted by atomic mass is 16.1. The zero-order valence-electron chi connectivity index (χ0n) is 8.92. The van der Waals surface area contributed by atoms with E-state index in [0.717, 1.165) is 35.2 Å². The first kappa shape index (κ1) is 9.77. The van der Waals surface area contributed by atoms with E-state index in [4.69, 9.17) is 0 Å². The number of rotatable bonds is 3. The highest BCUT2D eigenvalue weighted by molar-refractivity contribution is 5.79. The van der Waals surface area contributed by atoms with Crippen molar-refractivity contribution in [3.05, 3.63) is 35.2 Å². The fraction of sp³-hybridized carbons (Fsp3) is 0.250. The number of hydrogen-bond donors (Lipinski definition) is 2. The predicted molar refractivity (Wildman–Crippen MR) is 60.1 cm³/mol. The Morgan fingerprint density at radius 2 is 2.27 bits per heavy atom. The van der Waals surface area contributed by atoms with Crippen LogP contribution in [-0.2, 0) is 6.42 Å². The lowest BCUT2D eigenvalue weighted by atomic mass is 10.1. The van der Waals surface area contributed by atoms with Crippen LogP contribution < -0.4 is 0 Å². The quantitative estimate of drug-likeness (QED) is 0.738. The van der Waals surface area contributed by atoms with Crippen LogP contribution in [0, 0.1) is 6.92 Å². The van der Waals surface area contributed by atoms with E-state index in [1.54, 1.807) is 0 Å². The molecule has 3 heteroatoms. The van der Waals surface area contributed by atoms with Gasteiger partial charge in [0.15, 0.2) is 6.29 Å². The van der Waals surface area contributed by atoms with Crippen molar-refractivity contribution in [2.45, 2.75) is 20.3 Å². The number of aldehydes is 1. The Kier molecular flexibility index (Phi) is 2.46. The van der Waals surface area contributed by atoms with E-state index < -0.39 is 0 Å². The Labute approximate surface area is 88.5 Å². The minimum absolute atomic E-state index is 0.694. The number of carbonyl (C=O) groups excluding carboxylic acids is 1. The van der Waals surface area contributed by atoms with Crippen LogP contribution in [0.25, 0.3) is 11.4 Å². The zero-order valence-corrected chi connectivity index (χ0v) is 8.92. The van der Waals surface area contributed by atoms with Crippen LogP contribution in [0.15, 0.2) is 18.3 Å². The maximum atomic E-state index is 10.9. The van der Waals surface area contributed by atoms with Gasteiger partial charge in [0.05, 0.1) is 17.1 Å². The third kappa shape index (κ3) is 1.50. The van der Waals surface area contributed by atoms with E-state index in [-0.39, 0.29) is 0 Å². The van der Waals surface area contributed by atoms with Gasteiger partial charge >= 0.3 is 0 Å². The van der Waals surface area contributed by atoms with Crippen LogP contribution >= 0.6 is 0 Å². The first-order valence-corrected chi connectivity index (χ1v) is 5.08. The molecule has 0 spiro atoms. The van der Waals surface area contributed by atoms with Crippen LogP contribution in [-0.4, -0.2) is 16.3 Å². The summed E-state index contributed by atoms with van der Waals surface area (Å²) in [5.41, 5.74) is 4.99. The molecule has 78 valence electrons. The number of aromatic nitrogens is 2. The summed E-state index contributed by atoms with van der Waals surface area (Å²) in [5, 5.41) is 0. The molecule has 2 aromatic rings. The molecule has 0 aliphatic carbocycles. The number of H-pyrrole nitrogens is 2. The average molecular weight is 202 g/mol. The first-order valence-electron chi connectivity index (χ1n) is 5.08. The Hall–Kier alpha value is -1.77. The van der Waals surface area contributed by atoms with Crippen LogP contribution in [0.4, 0.5) is 0 Å². The van der Waals surface area contributed by atoms with Gasteiger partial charge in [-0.2, -0.15) is 0 Å². The highest BCUT2D eigenvalue weighted by Gasteiger charge is 2.13. The van der Waals surface area contributed by atoms with Crippen molar-refractivity contribution in [2.75, 3.05) is 0 Å². The molecule has 15 heavy (non-hydrogen) atoms. The Bertz CT molecular complexity index is 466. The van der Waals surface area contributed by atoms with E-state index in [0.29, 0.717) is 5.69 Å². The number of aromatic amines is 2. The van der Waals surface area contributed by atoms with Gasteiger partial charge in [0.2, 0.25) is 0 Å². The fourth-order valence-corrected chi connectivity index (χ4v) is 1.97. The standard InChI is InChI=1S/C12H14N2O/c1-3-9-8(2)12(14-11(9)7-15)10-5-4-6-13-10/h4-7,13-14H,3H2,1-2H3. The second-order valence-electron chi connectivity index (χ2n) is 3.57. The van der Waals surface area contributed by atoms with Gasteiger partial charge in [0.1, 0.15) is 0 Å². The summed E-state index contributed by atoms with van der Waals surface area (Å²) in [4.78, 5) is 17.2. The van der Waals surface area contributed by atoms with Gasteiger partial charge in [0, 0.05) is 6.20 Å². The zero-order chi connectivity index (χ0) is 10.8. The second-order valence-corrected chi connectivity index (χ2v) is 3.57. The molecule has 0 unspecified atom stereocenters. The molecular weight excluding hydrogens is 188 g/mol. The van der Waals surface area contributed by atoms with Crippen molar-refractivity contribution < 1.29 is 4.79 Å². The van der Waals surface area contributed by atoms with E-state index in [9.17, 15) is 4.79 Å². The van der Waals surface area contributed by atoms with Gasteiger partial charge in [-0.3, -0.25) is 4.79 Å². The fourth-order valence-electron chi connectivity index (χ4n) is 1.97. The van der Waals surface area contributed by atoms with Crippen molar-refractivity contribution >= 4 is 6.29 Å². The Morgan fingerprint density at radius 3 is 2.73 bits per heavy atom. The number of hydrogen-bond acceptors (Lipinski definition) is 1.